The molecule has 8 heteroatoms. The minimum atomic E-state index is -0.374. The molecule has 0 atom stereocenters. The van der Waals surface area contributed by atoms with Gasteiger partial charge in [-0.15, -0.1) is 5.11 Å². The molecule has 1 N–H and O–H groups in total. The van der Waals surface area contributed by atoms with Gasteiger partial charge in [0.1, 0.15) is 5.15 Å². The van der Waals surface area contributed by atoms with Crippen LogP contribution in [0.5, 0.6) is 0 Å². The molecule has 0 aliphatic heterocycles. The van der Waals surface area contributed by atoms with Crippen LogP contribution in [0.3, 0.4) is 0 Å². The molecule has 0 aliphatic rings. The summed E-state index contributed by atoms with van der Waals surface area (Å²) in [6.07, 6.45) is 1.73. The normalized spacial score (nSPS) is 11.4. The highest BCUT2D eigenvalue weighted by atomic mass is 35.5. The molecule has 7 nitrogen and oxygen atoms in total. The van der Waals surface area contributed by atoms with Gasteiger partial charge in [0.05, 0.1) is 11.4 Å². The van der Waals surface area contributed by atoms with Crippen molar-refractivity contribution in [2.75, 3.05) is 0 Å². The van der Waals surface area contributed by atoms with Crippen molar-refractivity contribution in [1.82, 2.24) is 19.7 Å². The molecule has 0 saturated carbocycles. The van der Waals surface area contributed by atoms with E-state index in [4.69, 9.17) is 11.6 Å². The number of nitrogens with zero attached hydrogens (tertiary/aromatic N) is 5. The fourth-order valence-corrected chi connectivity index (χ4v) is 2.89. The number of hydrogen-bond donors (Lipinski definition) is 1. The zero-order chi connectivity index (χ0) is 18.7. The van der Waals surface area contributed by atoms with Crippen molar-refractivity contribution in [3.63, 3.8) is 0 Å². The van der Waals surface area contributed by atoms with E-state index in [1.54, 1.807) is 6.92 Å². The van der Waals surface area contributed by atoms with Crippen LogP contribution >= 0.6 is 11.6 Å². The first kappa shape index (κ1) is 18.0. The van der Waals surface area contributed by atoms with E-state index in [2.05, 4.69) is 32.2 Å². The van der Waals surface area contributed by atoms with E-state index in [9.17, 15) is 4.79 Å². The molecule has 0 aliphatic carbocycles. The lowest BCUT2D eigenvalue weighted by Crippen LogP contribution is -2.18. The van der Waals surface area contributed by atoms with Crippen LogP contribution in [-0.2, 0) is 6.42 Å². The number of azo groups is 1. The summed E-state index contributed by atoms with van der Waals surface area (Å²) >= 11 is 6.28. The van der Waals surface area contributed by atoms with Gasteiger partial charge in [-0.3, -0.25) is 9.89 Å². The zero-order valence-corrected chi connectivity index (χ0v) is 15.6. The van der Waals surface area contributed by atoms with Gasteiger partial charge in [-0.2, -0.15) is 14.8 Å². The standard InChI is InChI=1S/C18H19ClN6O/c1-4-8-14-11(2)20-18(21-16(14)19)25-17(26)15(12(3)24-25)23-22-13-9-6-5-7-10-13/h5-7,9-10,24H,4,8H2,1-3H3. The summed E-state index contributed by atoms with van der Waals surface area (Å²) < 4.78 is 1.24. The summed E-state index contributed by atoms with van der Waals surface area (Å²) in [4.78, 5) is 21.4. The molecule has 0 unspecified atom stereocenters. The van der Waals surface area contributed by atoms with Crippen LogP contribution in [-0.4, -0.2) is 19.7 Å². The minimum Gasteiger partial charge on any atom is -0.290 e. The highest BCUT2D eigenvalue weighted by Gasteiger charge is 2.17. The first-order valence-electron chi connectivity index (χ1n) is 8.33. The number of aryl methyl sites for hydroxylation is 2. The van der Waals surface area contributed by atoms with Gasteiger partial charge in [0.25, 0.3) is 5.95 Å². The minimum absolute atomic E-state index is 0.196. The van der Waals surface area contributed by atoms with E-state index in [1.807, 2.05) is 37.3 Å². The monoisotopic (exact) mass is 370 g/mol. The van der Waals surface area contributed by atoms with Crippen molar-refractivity contribution in [2.45, 2.75) is 33.6 Å². The molecule has 0 fully saturated rings. The molecular weight excluding hydrogens is 352 g/mol. The highest BCUT2D eigenvalue weighted by molar-refractivity contribution is 6.30. The van der Waals surface area contributed by atoms with E-state index < -0.39 is 0 Å². The largest absolute Gasteiger partial charge is 0.301 e. The van der Waals surface area contributed by atoms with Crippen LogP contribution in [0.1, 0.15) is 30.3 Å². The summed E-state index contributed by atoms with van der Waals surface area (Å²) in [7, 11) is 0. The number of aromatic nitrogens is 4. The Hall–Kier alpha value is -2.80. The number of rotatable bonds is 5. The first-order valence-corrected chi connectivity index (χ1v) is 8.70. The number of hydrogen-bond acceptors (Lipinski definition) is 5. The Morgan fingerprint density at radius 3 is 2.54 bits per heavy atom. The van der Waals surface area contributed by atoms with Crippen LogP contribution in [0.2, 0.25) is 5.15 Å². The van der Waals surface area contributed by atoms with E-state index in [1.165, 1.54) is 4.68 Å². The Morgan fingerprint density at radius 2 is 1.88 bits per heavy atom. The Balaban J connectivity index is 2.01. The lowest BCUT2D eigenvalue weighted by Gasteiger charge is -2.08. The van der Waals surface area contributed by atoms with Crippen molar-refractivity contribution in [1.29, 1.82) is 0 Å². The van der Waals surface area contributed by atoms with E-state index in [0.717, 1.165) is 24.1 Å². The Labute approximate surface area is 155 Å². The molecule has 0 radical (unpaired) electrons. The third-order valence-corrected chi connectivity index (χ3v) is 4.23. The van der Waals surface area contributed by atoms with Crippen LogP contribution in [0.25, 0.3) is 5.95 Å². The smallest absolute Gasteiger partial charge is 0.290 e. The SMILES string of the molecule is CCCc1c(C)nc(-n2[nH]c(C)c(N=Nc3ccccc3)c2=O)nc1Cl. The van der Waals surface area contributed by atoms with Crippen LogP contribution in [0.4, 0.5) is 11.4 Å². The second kappa shape index (κ2) is 7.61. The number of nitrogens with one attached hydrogen (secondary N) is 1. The molecule has 26 heavy (non-hydrogen) atoms. The lowest BCUT2D eigenvalue weighted by molar-refractivity contribution is 0.758. The lowest BCUT2D eigenvalue weighted by atomic mass is 10.1. The van der Waals surface area contributed by atoms with Gasteiger partial charge < -0.3 is 0 Å². The van der Waals surface area contributed by atoms with Crippen molar-refractivity contribution < 1.29 is 0 Å². The van der Waals surface area contributed by atoms with Gasteiger partial charge >= 0.3 is 5.56 Å². The van der Waals surface area contributed by atoms with Crippen molar-refractivity contribution in [3.8, 4) is 5.95 Å². The van der Waals surface area contributed by atoms with Crippen LogP contribution in [0.15, 0.2) is 45.4 Å². The molecule has 0 amide bonds. The molecular formula is C18H19ClN6O. The number of aromatic amines is 1. The van der Waals surface area contributed by atoms with Gasteiger partial charge in [-0.25, -0.2) is 4.98 Å². The first-order chi connectivity index (χ1) is 12.5. The summed E-state index contributed by atoms with van der Waals surface area (Å²) in [5, 5.41) is 11.5. The fraction of sp³-hybridized carbons (Fsp3) is 0.278. The van der Waals surface area contributed by atoms with Crippen molar-refractivity contribution in [2.24, 2.45) is 10.2 Å². The Bertz CT molecular complexity index is 983. The molecule has 0 saturated heterocycles. The second-order valence-corrected chi connectivity index (χ2v) is 6.25. The maximum atomic E-state index is 12.7. The van der Waals surface area contributed by atoms with Gasteiger partial charge in [-0.1, -0.05) is 43.1 Å². The molecule has 0 spiro atoms. The molecule has 1 aromatic carbocycles. The number of halogens is 1. The van der Waals surface area contributed by atoms with Crippen LogP contribution in [0, 0.1) is 13.8 Å². The average Bonchev–Trinajstić information content (AvgIpc) is 2.91. The number of benzene rings is 1. The molecule has 134 valence electrons. The molecule has 2 aromatic heterocycles. The molecule has 3 rings (SSSR count). The topological polar surface area (TPSA) is 88.3 Å². The molecule has 3 aromatic rings. The van der Waals surface area contributed by atoms with Gasteiger partial charge in [-0.05, 0) is 32.4 Å². The van der Waals surface area contributed by atoms with Gasteiger partial charge in [0, 0.05) is 11.3 Å². The van der Waals surface area contributed by atoms with Crippen molar-refractivity contribution >= 4 is 23.0 Å². The maximum absolute atomic E-state index is 12.7. The summed E-state index contributed by atoms with van der Waals surface area (Å²) in [6, 6.07) is 9.21. The Kier molecular flexibility index (Phi) is 5.27. The van der Waals surface area contributed by atoms with Gasteiger partial charge in [0.15, 0.2) is 5.69 Å². The van der Waals surface area contributed by atoms with Crippen LogP contribution < -0.4 is 5.56 Å². The summed E-state index contributed by atoms with van der Waals surface area (Å²) in [5.74, 6) is 0.196. The predicted molar refractivity (Wildman–Crippen MR) is 101 cm³/mol. The summed E-state index contributed by atoms with van der Waals surface area (Å²) in [6.45, 7) is 5.67. The van der Waals surface area contributed by atoms with E-state index >= 15 is 0 Å². The fourth-order valence-electron chi connectivity index (χ4n) is 2.58. The van der Waals surface area contributed by atoms with E-state index in [-0.39, 0.29) is 17.2 Å². The maximum Gasteiger partial charge on any atom is 0.301 e. The predicted octanol–water partition coefficient (Wildman–Crippen LogP) is 4.59. The second-order valence-electron chi connectivity index (χ2n) is 5.89. The third-order valence-electron chi connectivity index (χ3n) is 3.91. The average molecular weight is 371 g/mol. The quantitative estimate of drug-likeness (QED) is 0.526. The van der Waals surface area contributed by atoms with Crippen molar-refractivity contribution in [3.05, 3.63) is 62.8 Å². The third kappa shape index (κ3) is 3.57. The Morgan fingerprint density at radius 1 is 1.15 bits per heavy atom. The molecule has 0 bridgehead atoms. The number of H-pyrrole nitrogens is 1. The van der Waals surface area contributed by atoms with E-state index in [0.29, 0.717) is 16.5 Å². The zero-order valence-electron chi connectivity index (χ0n) is 14.8. The highest BCUT2D eigenvalue weighted by Crippen LogP contribution is 2.21. The van der Waals surface area contributed by atoms with Gasteiger partial charge in [0.2, 0.25) is 0 Å². The molecule has 2 heterocycles. The summed E-state index contributed by atoms with van der Waals surface area (Å²) in [5.41, 5.74) is 2.74.